The summed E-state index contributed by atoms with van der Waals surface area (Å²) in [4.78, 5) is 15.4. The van der Waals surface area contributed by atoms with Crippen LogP contribution >= 0.6 is 23.5 Å². The maximum atomic E-state index is 12.9. The second-order valence-electron chi connectivity index (χ2n) is 8.76. The van der Waals surface area contributed by atoms with Crippen LogP contribution in [0.15, 0.2) is 95.8 Å². The van der Waals surface area contributed by atoms with Crippen molar-refractivity contribution >= 4 is 34.6 Å². The number of pyridine rings is 4. The molecule has 0 spiro atoms. The highest BCUT2D eigenvalue weighted by atomic mass is 32.2. The summed E-state index contributed by atoms with van der Waals surface area (Å²) in [6.07, 6.45) is 3.45. The minimum atomic E-state index is -4.48. The van der Waals surface area contributed by atoms with Crippen molar-refractivity contribution in [3.63, 3.8) is 0 Å². The Bertz CT molecular complexity index is 1690. The van der Waals surface area contributed by atoms with E-state index >= 15 is 0 Å². The molecule has 0 saturated carbocycles. The lowest BCUT2D eigenvalue weighted by Gasteiger charge is -2.07. The van der Waals surface area contributed by atoms with E-state index in [9.17, 15) is 26.3 Å². The zero-order valence-electron chi connectivity index (χ0n) is 21.9. The van der Waals surface area contributed by atoms with Crippen molar-refractivity contribution in [3.05, 3.63) is 97.4 Å². The summed E-state index contributed by atoms with van der Waals surface area (Å²) in [5.41, 5.74) is 3.64. The van der Waals surface area contributed by atoms with E-state index in [0.29, 0.717) is 22.2 Å². The average molecular weight is 619 g/mol. The van der Waals surface area contributed by atoms with Gasteiger partial charge >= 0.3 is 12.4 Å². The van der Waals surface area contributed by atoms with Gasteiger partial charge in [0.05, 0.1) is 33.5 Å². The Morgan fingerprint density at radius 1 is 0.500 bits per heavy atom. The molecule has 0 amide bonds. The highest BCUT2D eigenvalue weighted by Crippen LogP contribution is 2.32. The van der Waals surface area contributed by atoms with Crippen LogP contribution in [0.4, 0.5) is 26.3 Å². The van der Waals surface area contributed by atoms with E-state index < -0.39 is 24.0 Å². The van der Waals surface area contributed by atoms with Gasteiger partial charge < -0.3 is 0 Å². The fourth-order valence-electron chi connectivity index (χ4n) is 4.09. The zero-order valence-corrected chi connectivity index (χ0v) is 23.5. The summed E-state index contributed by atoms with van der Waals surface area (Å²) >= 11 is 3.01. The van der Waals surface area contributed by atoms with E-state index in [4.69, 9.17) is 0 Å². The van der Waals surface area contributed by atoms with Gasteiger partial charge in [-0.2, -0.15) is 26.3 Å². The Labute approximate surface area is 243 Å². The van der Waals surface area contributed by atoms with Gasteiger partial charge in [-0.1, -0.05) is 24.3 Å². The first-order valence-electron chi connectivity index (χ1n) is 12.1. The number of alkyl halides is 6. The molecule has 216 valence electrons. The van der Waals surface area contributed by atoms with Crippen LogP contribution in [0.5, 0.6) is 0 Å². The zero-order chi connectivity index (χ0) is 30.1. The van der Waals surface area contributed by atoms with E-state index in [1.807, 2.05) is 36.8 Å². The van der Waals surface area contributed by atoms with Crippen LogP contribution in [0.1, 0.15) is 11.6 Å². The summed E-state index contributed by atoms with van der Waals surface area (Å²) < 4.78 is 79.4. The number of hydrogen-bond acceptors (Lipinski definition) is 6. The van der Waals surface area contributed by atoms with Gasteiger partial charge in [-0.05, 0) is 47.9 Å². The van der Waals surface area contributed by atoms with Crippen LogP contribution in [0, 0.1) is 0 Å². The van der Waals surface area contributed by atoms with Crippen LogP contribution in [0.2, 0.25) is 0 Å². The molecule has 6 rings (SSSR count). The van der Waals surface area contributed by atoms with Gasteiger partial charge in [0.15, 0.2) is 0 Å². The second-order valence-corrected chi connectivity index (χ2v) is 10.4. The maximum absolute atomic E-state index is 12.9. The average Bonchev–Trinajstić information content (AvgIpc) is 3.61. The standard InChI is InChI=1S/2C14H10F3N3S/c2*1-21-12-5-3-9(6-18-12)10-2-4-11-7-19-13(14(15,16)17)20(11)8-10/h2*2-8H,1H3. The molecule has 6 heterocycles. The Morgan fingerprint density at radius 3 is 1.19 bits per heavy atom. The molecule has 6 aromatic rings. The van der Waals surface area contributed by atoms with Crippen LogP contribution in [-0.4, -0.2) is 41.2 Å². The van der Waals surface area contributed by atoms with Crippen LogP contribution in [0.3, 0.4) is 0 Å². The van der Waals surface area contributed by atoms with E-state index in [2.05, 4.69) is 19.9 Å². The van der Waals surface area contributed by atoms with E-state index in [1.54, 1.807) is 36.7 Å². The lowest BCUT2D eigenvalue weighted by atomic mass is 10.1. The van der Waals surface area contributed by atoms with E-state index in [1.165, 1.54) is 48.3 Å². The van der Waals surface area contributed by atoms with Crippen molar-refractivity contribution in [3.8, 4) is 22.3 Å². The molecule has 0 bridgehead atoms. The van der Waals surface area contributed by atoms with Gasteiger partial charge in [0.25, 0.3) is 0 Å². The summed E-state index contributed by atoms with van der Waals surface area (Å²) in [6.45, 7) is 0. The van der Waals surface area contributed by atoms with Crippen LogP contribution in [-0.2, 0) is 12.4 Å². The lowest BCUT2D eigenvalue weighted by molar-refractivity contribution is -0.146. The molecule has 0 aromatic carbocycles. The summed E-state index contributed by atoms with van der Waals surface area (Å²) in [7, 11) is 0. The molecule has 6 nitrogen and oxygen atoms in total. The Morgan fingerprint density at radius 2 is 0.881 bits per heavy atom. The quantitative estimate of drug-likeness (QED) is 0.146. The first-order valence-corrected chi connectivity index (χ1v) is 14.5. The minimum absolute atomic E-state index is 0.403. The first kappa shape index (κ1) is 29.5. The number of fused-ring (bicyclic) bond motifs is 2. The largest absolute Gasteiger partial charge is 0.450 e. The molecule has 0 atom stereocenters. The summed E-state index contributed by atoms with van der Waals surface area (Å²) in [5, 5.41) is 1.72. The van der Waals surface area contributed by atoms with Crippen molar-refractivity contribution < 1.29 is 26.3 Å². The molecule has 0 radical (unpaired) electrons. The lowest BCUT2D eigenvalue weighted by Crippen LogP contribution is -2.10. The fourth-order valence-corrected chi connectivity index (χ4v) is 4.81. The molecule has 0 saturated heterocycles. The third-order valence-corrected chi connectivity index (χ3v) is 7.44. The summed E-state index contributed by atoms with van der Waals surface area (Å²) in [5.74, 6) is -1.85. The third-order valence-electron chi connectivity index (χ3n) is 6.12. The molecule has 0 aliphatic rings. The van der Waals surface area contributed by atoms with Gasteiger partial charge in [0.1, 0.15) is 0 Å². The monoisotopic (exact) mass is 618 g/mol. The van der Waals surface area contributed by atoms with Gasteiger partial charge in [-0.15, -0.1) is 23.5 Å². The molecule has 0 aliphatic heterocycles. The van der Waals surface area contributed by atoms with Crippen molar-refractivity contribution in [2.45, 2.75) is 22.4 Å². The van der Waals surface area contributed by atoms with Gasteiger partial charge in [-0.25, -0.2) is 19.9 Å². The minimum Gasteiger partial charge on any atom is -0.296 e. The SMILES string of the molecule is CSc1ccc(-c2ccc3cnc(C(F)(F)F)n3c2)cn1.CSc1ccc(-c2ccc3cnc(C(F)(F)F)n3c2)cn1. The number of thioether (sulfide) groups is 2. The van der Waals surface area contributed by atoms with Crippen molar-refractivity contribution in [1.29, 1.82) is 0 Å². The third kappa shape index (κ3) is 6.23. The number of halogens is 6. The molecule has 14 heteroatoms. The fraction of sp³-hybridized carbons (Fsp3) is 0.143. The van der Waals surface area contributed by atoms with Crippen LogP contribution < -0.4 is 0 Å². The number of hydrogen-bond donors (Lipinski definition) is 0. The highest BCUT2D eigenvalue weighted by Gasteiger charge is 2.36. The molecule has 6 aromatic heterocycles. The number of imidazole rings is 2. The predicted molar refractivity (Wildman–Crippen MR) is 150 cm³/mol. The molecule has 0 fully saturated rings. The predicted octanol–water partition coefficient (Wildman–Crippen LogP) is 8.27. The maximum Gasteiger partial charge on any atom is 0.450 e. The normalized spacial score (nSPS) is 12.0. The Balaban J connectivity index is 0.000000168. The summed E-state index contributed by atoms with van der Waals surface area (Å²) in [6, 6.07) is 14.1. The van der Waals surface area contributed by atoms with E-state index in [0.717, 1.165) is 30.0 Å². The molecule has 0 N–H and O–H groups in total. The van der Waals surface area contributed by atoms with Crippen molar-refractivity contribution in [2.24, 2.45) is 0 Å². The smallest absolute Gasteiger partial charge is 0.296 e. The molecular formula is C28H20F6N6S2. The van der Waals surface area contributed by atoms with Gasteiger partial charge in [0.2, 0.25) is 11.6 Å². The number of rotatable bonds is 4. The first-order chi connectivity index (χ1) is 20.0. The van der Waals surface area contributed by atoms with E-state index in [-0.39, 0.29) is 0 Å². The number of nitrogens with zero attached hydrogens (tertiary/aromatic N) is 6. The van der Waals surface area contributed by atoms with Crippen molar-refractivity contribution in [2.75, 3.05) is 12.5 Å². The Hall–Kier alpha value is -4.04. The number of aromatic nitrogens is 6. The molecule has 42 heavy (non-hydrogen) atoms. The molecule has 0 unspecified atom stereocenters. The highest BCUT2D eigenvalue weighted by molar-refractivity contribution is 7.98. The van der Waals surface area contributed by atoms with Crippen molar-refractivity contribution in [1.82, 2.24) is 28.7 Å². The topological polar surface area (TPSA) is 60.4 Å². The van der Waals surface area contributed by atoms with Gasteiger partial charge in [-0.3, -0.25) is 8.80 Å². The van der Waals surface area contributed by atoms with Gasteiger partial charge in [0, 0.05) is 35.9 Å². The molecule has 0 aliphatic carbocycles. The molecular weight excluding hydrogens is 598 g/mol. The van der Waals surface area contributed by atoms with Crippen LogP contribution in [0.25, 0.3) is 33.3 Å². The Kier molecular flexibility index (Phi) is 8.19. The second kappa shape index (κ2) is 11.7.